The zero-order chi connectivity index (χ0) is 13.4. The van der Waals surface area contributed by atoms with E-state index in [0.29, 0.717) is 12.1 Å². The predicted octanol–water partition coefficient (Wildman–Crippen LogP) is 3.26. The maximum absolute atomic E-state index is 11.9. The lowest BCUT2D eigenvalue weighted by Gasteiger charge is -2.07. The number of benzene rings is 2. The summed E-state index contributed by atoms with van der Waals surface area (Å²) >= 11 is 0. The minimum atomic E-state index is -0.304. The summed E-state index contributed by atoms with van der Waals surface area (Å²) in [6.45, 7) is 4.66. The Morgan fingerprint density at radius 2 is 1.89 bits per heavy atom. The second-order valence-electron chi connectivity index (χ2n) is 4.85. The van der Waals surface area contributed by atoms with Crippen molar-refractivity contribution in [2.45, 2.75) is 20.4 Å². The van der Waals surface area contributed by atoms with Crippen molar-refractivity contribution in [1.29, 1.82) is 0 Å². The van der Waals surface area contributed by atoms with Crippen LogP contribution < -0.4 is 5.76 Å². The van der Waals surface area contributed by atoms with Gasteiger partial charge in [0, 0.05) is 0 Å². The zero-order valence-electron chi connectivity index (χ0n) is 11.0. The van der Waals surface area contributed by atoms with E-state index >= 15 is 0 Å². The van der Waals surface area contributed by atoms with E-state index in [2.05, 4.69) is 32.0 Å². The first-order chi connectivity index (χ1) is 9.15. The molecule has 0 bridgehead atoms. The first-order valence-electron chi connectivity index (χ1n) is 6.29. The van der Waals surface area contributed by atoms with Gasteiger partial charge in [0.15, 0.2) is 5.58 Å². The first kappa shape index (κ1) is 11.8. The highest BCUT2D eigenvalue weighted by atomic mass is 16.4. The number of para-hydroxylation sites is 2. The van der Waals surface area contributed by atoms with Crippen LogP contribution in [0.3, 0.4) is 0 Å². The highest BCUT2D eigenvalue weighted by Crippen LogP contribution is 2.16. The normalized spacial score (nSPS) is 11.1. The Bertz CT molecular complexity index is 796. The van der Waals surface area contributed by atoms with Crippen LogP contribution in [0.4, 0.5) is 0 Å². The minimum Gasteiger partial charge on any atom is -0.408 e. The lowest BCUT2D eigenvalue weighted by molar-refractivity contribution is 0.517. The van der Waals surface area contributed by atoms with E-state index in [-0.39, 0.29) is 5.76 Å². The van der Waals surface area contributed by atoms with Crippen molar-refractivity contribution in [3.05, 3.63) is 69.7 Å². The van der Waals surface area contributed by atoms with Crippen LogP contribution in [0.15, 0.2) is 51.7 Å². The lowest BCUT2D eigenvalue weighted by atomic mass is 10.1. The summed E-state index contributed by atoms with van der Waals surface area (Å²) in [6.07, 6.45) is 0. The van der Waals surface area contributed by atoms with Crippen molar-refractivity contribution in [3.63, 3.8) is 0 Å². The van der Waals surface area contributed by atoms with E-state index in [9.17, 15) is 4.79 Å². The van der Waals surface area contributed by atoms with Crippen LogP contribution in [-0.4, -0.2) is 4.57 Å². The number of hydrogen-bond donors (Lipinski definition) is 0. The molecule has 3 heteroatoms. The summed E-state index contributed by atoms with van der Waals surface area (Å²) in [4.78, 5) is 11.9. The molecule has 0 radical (unpaired) electrons. The van der Waals surface area contributed by atoms with E-state index in [0.717, 1.165) is 11.1 Å². The second-order valence-corrected chi connectivity index (χ2v) is 4.85. The molecule has 3 nitrogen and oxygen atoms in total. The average Bonchev–Trinajstić information content (AvgIpc) is 2.71. The molecular formula is C16H15NO2. The van der Waals surface area contributed by atoms with E-state index < -0.39 is 0 Å². The van der Waals surface area contributed by atoms with Gasteiger partial charge < -0.3 is 4.42 Å². The molecule has 0 aliphatic carbocycles. The highest BCUT2D eigenvalue weighted by molar-refractivity contribution is 5.72. The molecule has 0 atom stereocenters. The largest absolute Gasteiger partial charge is 0.420 e. The number of aryl methyl sites for hydroxylation is 2. The van der Waals surface area contributed by atoms with Gasteiger partial charge in [-0.05, 0) is 37.1 Å². The fourth-order valence-electron chi connectivity index (χ4n) is 2.30. The molecule has 0 aliphatic rings. The molecule has 3 rings (SSSR count). The summed E-state index contributed by atoms with van der Waals surface area (Å²) in [6, 6.07) is 13.8. The quantitative estimate of drug-likeness (QED) is 0.702. The standard InChI is InChI=1S/C16H15NO2/c1-11-7-8-12(2)13(9-11)10-17-14-5-3-4-6-15(14)19-16(17)18/h3-9H,10H2,1-2H3. The van der Waals surface area contributed by atoms with Crippen molar-refractivity contribution < 1.29 is 4.42 Å². The summed E-state index contributed by atoms with van der Waals surface area (Å²) in [5, 5.41) is 0. The van der Waals surface area contributed by atoms with Gasteiger partial charge in [0.1, 0.15) is 0 Å². The minimum absolute atomic E-state index is 0.304. The molecule has 96 valence electrons. The Morgan fingerprint density at radius 3 is 2.74 bits per heavy atom. The van der Waals surface area contributed by atoms with Gasteiger partial charge in [0.05, 0.1) is 12.1 Å². The lowest BCUT2D eigenvalue weighted by Crippen LogP contribution is -2.15. The van der Waals surface area contributed by atoms with Crippen LogP contribution in [0.2, 0.25) is 0 Å². The molecule has 0 saturated heterocycles. The van der Waals surface area contributed by atoms with Crippen molar-refractivity contribution in [2.75, 3.05) is 0 Å². The maximum Gasteiger partial charge on any atom is 0.420 e. The van der Waals surface area contributed by atoms with Gasteiger partial charge in [0.2, 0.25) is 0 Å². The average molecular weight is 253 g/mol. The Labute approximate surface area is 111 Å². The molecule has 0 saturated carbocycles. The van der Waals surface area contributed by atoms with Crippen molar-refractivity contribution in [2.24, 2.45) is 0 Å². The van der Waals surface area contributed by atoms with Crippen LogP contribution in [0, 0.1) is 13.8 Å². The molecule has 3 aromatic rings. The number of fused-ring (bicyclic) bond motifs is 1. The van der Waals surface area contributed by atoms with Gasteiger partial charge in [-0.2, -0.15) is 0 Å². The third kappa shape index (κ3) is 2.08. The maximum atomic E-state index is 11.9. The molecule has 2 aromatic carbocycles. The first-order valence-corrected chi connectivity index (χ1v) is 6.29. The summed E-state index contributed by atoms with van der Waals surface area (Å²) in [7, 11) is 0. The van der Waals surface area contributed by atoms with Gasteiger partial charge in [-0.15, -0.1) is 0 Å². The Hall–Kier alpha value is -2.29. The number of oxazole rings is 1. The topological polar surface area (TPSA) is 35.1 Å². The smallest absolute Gasteiger partial charge is 0.408 e. The number of rotatable bonds is 2. The van der Waals surface area contributed by atoms with Gasteiger partial charge in [0.25, 0.3) is 0 Å². The van der Waals surface area contributed by atoms with Crippen molar-refractivity contribution in [1.82, 2.24) is 4.57 Å². The highest BCUT2D eigenvalue weighted by Gasteiger charge is 2.10. The van der Waals surface area contributed by atoms with E-state index in [1.54, 1.807) is 4.57 Å². The molecule has 0 amide bonds. The summed E-state index contributed by atoms with van der Waals surface area (Å²) < 4.78 is 6.93. The van der Waals surface area contributed by atoms with Crippen LogP contribution in [0.5, 0.6) is 0 Å². The molecule has 19 heavy (non-hydrogen) atoms. The fraction of sp³-hybridized carbons (Fsp3) is 0.188. The van der Waals surface area contributed by atoms with Gasteiger partial charge >= 0.3 is 5.76 Å². The van der Waals surface area contributed by atoms with E-state index in [1.165, 1.54) is 11.1 Å². The molecule has 0 N–H and O–H groups in total. The Morgan fingerprint density at radius 1 is 1.11 bits per heavy atom. The van der Waals surface area contributed by atoms with Crippen molar-refractivity contribution in [3.8, 4) is 0 Å². The van der Waals surface area contributed by atoms with Gasteiger partial charge in [-0.3, -0.25) is 4.57 Å². The zero-order valence-corrected chi connectivity index (χ0v) is 11.0. The molecule has 1 aromatic heterocycles. The van der Waals surface area contributed by atoms with Gasteiger partial charge in [-0.25, -0.2) is 4.79 Å². The van der Waals surface area contributed by atoms with E-state index in [4.69, 9.17) is 4.42 Å². The number of aromatic nitrogens is 1. The van der Waals surface area contributed by atoms with Crippen LogP contribution in [0.25, 0.3) is 11.1 Å². The van der Waals surface area contributed by atoms with Crippen LogP contribution >= 0.6 is 0 Å². The van der Waals surface area contributed by atoms with Crippen LogP contribution in [0.1, 0.15) is 16.7 Å². The SMILES string of the molecule is Cc1ccc(C)c(Cn2c(=O)oc3ccccc32)c1. The Balaban J connectivity index is 2.13. The molecule has 0 unspecified atom stereocenters. The third-order valence-electron chi connectivity index (χ3n) is 3.41. The van der Waals surface area contributed by atoms with E-state index in [1.807, 2.05) is 24.3 Å². The third-order valence-corrected chi connectivity index (χ3v) is 3.41. The number of hydrogen-bond acceptors (Lipinski definition) is 2. The number of nitrogens with zero attached hydrogens (tertiary/aromatic N) is 1. The van der Waals surface area contributed by atoms with Crippen LogP contribution in [-0.2, 0) is 6.54 Å². The summed E-state index contributed by atoms with van der Waals surface area (Å²) in [5.41, 5.74) is 5.00. The molecular weight excluding hydrogens is 238 g/mol. The van der Waals surface area contributed by atoms with Crippen molar-refractivity contribution >= 4 is 11.1 Å². The molecule has 1 heterocycles. The van der Waals surface area contributed by atoms with Gasteiger partial charge in [-0.1, -0.05) is 35.9 Å². The molecule has 0 fully saturated rings. The fourth-order valence-corrected chi connectivity index (χ4v) is 2.30. The molecule has 0 aliphatic heterocycles. The Kier molecular flexibility index (Phi) is 2.75. The molecule has 0 spiro atoms. The summed E-state index contributed by atoms with van der Waals surface area (Å²) in [5.74, 6) is -0.304. The second kappa shape index (κ2) is 4.43. The monoisotopic (exact) mass is 253 g/mol. The predicted molar refractivity (Wildman–Crippen MR) is 75.5 cm³/mol.